The SMILES string of the molecule is CC(C)C(O)(c1ccncc1)c1cnc(-c2ccc(F)cc2)s1.C[CH-]C.O=C(c1ccncc1)c1cnc(-c2ccc(F)cc2)s1.[Br-].[Mg+2]. The number of rotatable bonds is 7. The fourth-order valence-corrected chi connectivity index (χ4v) is 6.36. The van der Waals surface area contributed by atoms with Crippen LogP contribution in [0.5, 0.6) is 0 Å². The van der Waals surface area contributed by atoms with E-state index in [1.807, 2.05) is 46.2 Å². The van der Waals surface area contributed by atoms with Crippen molar-refractivity contribution >= 4 is 51.5 Å². The van der Waals surface area contributed by atoms with Gasteiger partial charge in [-0.15, -0.1) is 22.7 Å². The van der Waals surface area contributed by atoms with Crippen LogP contribution >= 0.6 is 22.7 Å². The van der Waals surface area contributed by atoms with Crippen molar-refractivity contribution in [3.8, 4) is 21.1 Å². The van der Waals surface area contributed by atoms with Gasteiger partial charge < -0.3 is 28.5 Å². The van der Waals surface area contributed by atoms with E-state index in [0.717, 1.165) is 26.6 Å². The molecular formula is C36H33BrF2MgN4O2S2. The van der Waals surface area contributed by atoms with E-state index in [-0.39, 0.29) is 63.4 Å². The molecule has 12 heteroatoms. The normalized spacial score (nSPS) is 11.4. The van der Waals surface area contributed by atoms with Gasteiger partial charge in [0, 0.05) is 53.9 Å². The molecule has 0 amide bonds. The summed E-state index contributed by atoms with van der Waals surface area (Å²) < 4.78 is 25.9. The summed E-state index contributed by atoms with van der Waals surface area (Å²) >= 11 is 2.71. The Kier molecular flexibility index (Phi) is 16.8. The first-order chi connectivity index (χ1) is 22.2. The van der Waals surface area contributed by atoms with Gasteiger partial charge in [-0.3, -0.25) is 14.8 Å². The molecule has 244 valence electrons. The predicted octanol–water partition coefficient (Wildman–Crippen LogP) is 5.66. The molecule has 6 aromatic rings. The maximum atomic E-state index is 13.1. The summed E-state index contributed by atoms with van der Waals surface area (Å²) in [7, 11) is 0. The molecule has 0 aliphatic carbocycles. The minimum Gasteiger partial charge on any atom is -1.00 e. The second-order valence-corrected chi connectivity index (χ2v) is 12.4. The van der Waals surface area contributed by atoms with Gasteiger partial charge in [-0.1, -0.05) is 13.8 Å². The average molecular weight is 760 g/mol. The molecule has 0 aliphatic rings. The third kappa shape index (κ3) is 10.4. The second-order valence-electron chi connectivity index (χ2n) is 10.4. The molecule has 1 unspecified atom stereocenters. The number of nitrogens with zero attached hydrogens (tertiary/aromatic N) is 4. The molecular weight excluding hydrogens is 727 g/mol. The quantitative estimate of drug-likeness (QED) is 0.128. The first kappa shape index (κ1) is 40.9. The van der Waals surface area contributed by atoms with Crippen molar-refractivity contribution in [3.63, 3.8) is 0 Å². The minimum absolute atomic E-state index is 0. The smallest absolute Gasteiger partial charge is 1.00 e. The molecule has 1 N–H and O–H groups in total. The Bertz CT molecular complexity index is 1820. The van der Waals surface area contributed by atoms with Crippen molar-refractivity contribution in [1.82, 2.24) is 19.9 Å². The van der Waals surface area contributed by atoms with Gasteiger partial charge in [-0.05, 0) is 84.3 Å². The Morgan fingerprint density at radius 1 is 0.750 bits per heavy atom. The van der Waals surface area contributed by atoms with Gasteiger partial charge in [-0.25, -0.2) is 18.7 Å². The number of benzene rings is 2. The summed E-state index contributed by atoms with van der Waals surface area (Å²) in [5.41, 5.74) is 1.87. The summed E-state index contributed by atoms with van der Waals surface area (Å²) in [6.45, 7) is 7.94. The van der Waals surface area contributed by atoms with Gasteiger partial charge in [0.2, 0.25) is 5.78 Å². The zero-order chi connectivity index (χ0) is 33.1. The van der Waals surface area contributed by atoms with Crippen LogP contribution in [0.15, 0.2) is 110 Å². The van der Waals surface area contributed by atoms with Crippen LogP contribution in [0.4, 0.5) is 8.78 Å². The van der Waals surface area contributed by atoms with Crippen molar-refractivity contribution in [2.75, 3.05) is 0 Å². The Balaban J connectivity index is 0.000000299. The zero-order valence-corrected chi connectivity index (χ0v) is 31.5. The Labute approximate surface area is 314 Å². The van der Waals surface area contributed by atoms with E-state index in [0.29, 0.717) is 15.4 Å². The number of carbonyl (C=O) groups is 1. The number of aliphatic hydroxyl groups is 1. The Morgan fingerprint density at radius 2 is 1.19 bits per heavy atom. The van der Waals surface area contributed by atoms with Crippen LogP contribution < -0.4 is 17.0 Å². The molecule has 0 aliphatic heterocycles. The van der Waals surface area contributed by atoms with Crippen molar-refractivity contribution in [2.45, 2.75) is 33.3 Å². The largest absolute Gasteiger partial charge is 2.00 e. The number of hydrogen-bond acceptors (Lipinski definition) is 8. The van der Waals surface area contributed by atoms with Crippen LogP contribution in [0.1, 0.15) is 53.4 Å². The van der Waals surface area contributed by atoms with E-state index >= 15 is 0 Å². The molecule has 2 aromatic carbocycles. The Morgan fingerprint density at radius 3 is 1.67 bits per heavy atom. The number of aromatic nitrogens is 4. The van der Waals surface area contributed by atoms with Crippen molar-refractivity contribution < 1.29 is 35.7 Å². The van der Waals surface area contributed by atoms with Gasteiger partial charge in [0.05, 0.1) is 9.75 Å². The molecule has 0 radical (unpaired) electrons. The average Bonchev–Trinajstić information content (AvgIpc) is 3.78. The van der Waals surface area contributed by atoms with Gasteiger partial charge in [0.15, 0.2) is 0 Å². The predicted molar refractivity (Wildman–Crippen MR) is 186 cm³/mol. The first-order valence-electron chi connectivity index (χ1n) is 14.4. The third-order valence-electron chi connectivity index (χ3n) is 6.69. The van der Waals surface area contributed by atoms with Crippen molar-refractivity contribution in [1.29, 1.82) is 0 Å². The Hall–Kier alpha value is -3.26. The molecule has 1 atom stereocenters. The number of thiazole rings is 2. The van der Waals surface area contributed by atoms with Crippen molar-refractivity contribution in [2.24, 2.45) is 5.92 Å². The molecule has 6 nitrogen and oxygen atoms in total. The molecule has 4 aromatic heterocycles. The van der Waals surface area contributed by atoms with Gasteiger partial charge in [-0.2, -0.15) is 13.8 Å². The second kappa shape index (κ2) is 19.7. The molecule has 0 bridgehead atoms. The fraction of sp³-hybridized carbons (Fsp3) is 0.167. The summed E-state index contributed by atoms with van der Waals surface area (Å²) in [5.74, 6) is -0.691. The van der Waals surface area contributed by atoms with Gasteiger partial charge in [0.25, 0.3) is 0 Å². The van der Waals surface area contributed by atoms with Gasteiger partial charge in [0.1, 0.15) is 27.3 Å². The summed E-state index contributed by atoms with van der Waals surface area (Å²) in [6, 6.07) is 19.2. The molecule has 0 saturated carbocycles. The van der Waals surface area contributed by atoms with E-state index < -0.39 is 5.60 Å². The van der Waals surface area contributed by atoms with E-state index in [2.05, 4.69) is 19.9 Å². The van der Waals surface area contributed by atoms with Crippen molar-refractivity contribution in [3.05, 3.63) is 149 Å². The van der Waals surface area contributed by atoms with Crippen LogP contribution in [0, 0.1) is 24.0 Å². The standard InChI is InChI=1S/C18H17FN2OS.C15H9FN2OS.C3H7.BrH.Mg/c1-12(2)18(22,14-7-9-20-10-8-14)16-11-21-17(23-16)13-3-5-15(19)6-4-13;16-12-3-1-11(2-4-12)15-18-9-13(20-15)14(19)10-5-7-17-8-6-10;1-3-2;;/h3-12,22H,1-2H3;1-9H;3H,1-2H3;1H;/q;;-1;;+2/p-1. The first-order valence-corrected chi connectivity index (χ1v) is 16.1. The third-order valence-corrected chi connectivity index (χ3v) is 8.91. The van der Waals surface area contributed by atoms with Crippen LogP contribution in [0.3, 0.4) is 0 Å². The van der Waals surface area contributed by atoms with Crippen LogP contribution in [0.25, 0.3) is 21.1 Å². The van der Waals surface area contributed by atoms with E-state index in [1.165, 1.54) is 46.9 Å². The molecule has 6 rings (SSSR count). The fourth-order valence-electron chi connectivity index (χ4n) is 4.29. The van der Waals surface area contributed by atoms with E-state index in [9.17, 15) is 18.7 Å². The number of ketones is 1. The number of carbonyl (C=O) groups excluding carboxylic acids is 1. The zero-order valence-electron chi connectivity index (χ0n) is 26.8. The number of halogens is 3. The topological polar surface area (TPSA) is 88.9 Å². The van der Waals surface area contributed by atoms with E-state index in [4.69, 9.17) is 0 Å². The molecule has 0 spiro atoms. The maximum Gasteiger partial charge on any atom is 2.00 e. The maximum absolute atomic E-state index is 13.1. The van der Waals surface area contributed by atoms with Crippen LogP contribution in [-0.4, -0.2) is 53.9 Å². The molecule has 4 heterocycles. The van der Waals surface area contributed by atoms with Crippen LogP contribution in [0.2, 0.25) is 0 Å². The molecule has 48 heavy (non-hydrogen) atoms. The van der Waals surface area contributed by atoms with E-state index in [1.54, 1.807) is 73.6 Å². The summed E-state index contributed by atoms with van der Waals surface area (Å²) in [6.07, 6.45) is 11.7. The molecule has 0 fully saturated rings. The summed E-state index contributed by atoms with van der Waals surface area (Å²) in [4.78, 5) is 30.1. The summed E-state index contributed by atoms with van der Waals surface area (Å²) in [5, 5.41) is 12.8. The number of pyridine rings is 2. The van der Waals surface area contributed by atoms with Gasteiger partial charge >= 0.3 is 23.1 Å². The molecule has 0 saturated heterocycles. The minimum atomic E-state index is -1.13. The monoisotopic (exact) mass is 758 g/mol. The number of hydrogen-bond donors (Lipinski definition) is 1. The van der Waals surface area contributed by atoms with Crippen LogP contribution in [-0.2, 0) is 5.60 Å².